The summed E-state index contributed by atoms with van der Waals surface area (Å²) in [5.41, 5.74) is 6.61. The molecule has 1 unspecified atom stereocenters. The standard InChI is InChI=1S/C11H12FNO3/c12-8-5-10-6(1-2-16-10)3-7(8)4-9(13)11(14)15/h3,5,9H,1-2,4,13H2,(H,14,15). The summed E-state index contributed by atoms with van der Waals surface area (Å²) in [6.45, 7) is 0.545. The molecule has 1 aromatic carbocycles. The van der Waals surface area contributed by atoms with Crippen molar-refractivity contribution in [2.45, 2.75) is 18.9 Å². The monoisotopic (exact) mass is 225 g/mol. The fourth-order valence-corrected chi connectivity index (χ4v) is 1.73. The van der Waals surface area contributed by atoms with E-state index in [0.717, 1.165) is 12.0 Å². The van der Waals surface area contributed by atoms with Gasteiger partial charge in [-0.05, 0) is 17.2 Å². The molecule has 4 nitrogen and oxygen atoms in total. The molecule has 5 heteroatoms. The molecule has 1 aromatic rings. The quantitative estimate of drug-likeness (QED) is 0.794. The van der Waals surface area contributed by atoms with Crippen molar-refractivity contribution in [2.75, 3.05) is 6.61 Å². The number of ether oxygens (including phenoxy) is 1. The minimum atomic E-state index is -1.13. The SMILES string of the molecule is NC(Cc1cc2c(cc1F)OCC2)C(=O)O. The van der Waals surface area contributed by atoms with Crippen molar-refractivity contribution in [1.29, 1.82) is 0 Å². The molecule has 86 valence electrons. The van der Waals surface area contributed by atoms with Gasteiger partial charge >= 0.3 is 5.97 Å². The van der Waals surface area contributed by atoms with Gasteiger partial charge in [-0.15, -0.1) is 0 Å². The van der Waals surface area contributed by atoms with Crippen LogP contribution in [-0.4, -0.2) is 23.7 Å². The van der Waals surface area contributed by atoms with Crippen molar-refractivity contribution in [1.82, 2.24) is 0 Å². The van der Waals surface area contributed by atoms with E-state index in [0.29, 0.717) is 17.9 Å². The third-order valence-corrected chi connectivity index (χ3v) is 2.62. The van der Waals surface area contributed by atoms with E-state index >= 15 is 0 Å². The van der Waals surface area contributed by atoms with E-state index in [-0.39, 0.29) is 6.42 Å². The minimum Gasteiger partial charge on any atom is -0.493 e. The van der Waals surface area contributed by atoms with E-state index in [1.165, 1.54) is 6.07 Å². The maximum absolute atomic E-state index is 13.5. The lowest BCUT2D eigenvalue weighted by atomic mass is 10.0. The Labute approximate surface area is 91.8 Å². The molecule has 1 aliphatic rings. The second kappa shape index (κ2) is 4.09. The third kappa shape index (κ3) is 1.99. The molecule has 16 heavy (non-hydrogen) atoms. The molecule has 0 radical (unpaired) electrons. The summed E-state index contributed by atoms with van der Waals surface area (Å²) in [4.78, 5) is 10.6. The molecule has 3 N–H and O–H groups in total. The minimum absolute atomic E-state index is 0.00551. The van der Waals surface area contributed by atoms with E-state index in [1.807, 2.05) is 0 Å². The molecule has 1 atom stereocenters. The second-order valence-corrected chi connectivity index (χ2v) is 3.80. The second-order valence-electron chi connectivity index (χ2n) is 3.80. The summed E-state index contributed by atoms with van der Waals surface area (Å²) in [6.07, 6.45) is 0.722. The zero-order chi connectivity index (χ0) is 11.7. The Balaban J connectivity index is 2.25. The molecule has 0 saturated heterocycles. The van der Waals surface area contributed by atoms with Gasteiger partial charge in [-0.3, -0.25) is 4.79 Å². The van der Waals surface area contributed by atoms with Crippen LogP contribution in [0.25, 0.3) is 0 Å². The Kier molecular flexibility index (Phi) is 2.78. The maximum atomic E-state index is 13.5. The molecule has 0 aliphatic carbocycles. The number of carboxylic acid groups (broad SMARTS) is 1. The molecular weight excluding hydrogens is 213 g/mol. The Morgan fingerprint density at radius 1 is 1.62 bits per heavy atom. The molecule has 0 amide bonds. The molecule has 1 heterocycles. The first-order valence-electron chi connectivity index (χ1n) is 5.00. The summed E-state index contributed by atoms with van der Waals surface area (Å²) in [5.74, 6) is -1.04. The zero-order valence-corrected chi connectivity index (χ0v) is 8.57. The highest BCUT2D eigenvalue weighted by Crippen LogP contribution is 2.28. The van der Waals surface area contributed by atoms with Gasteiger partial charge in [-0.25, -0.2) is 4.39 Å². The molecular formula is C11H12FNO3. The normalized spacial score (nSPS) is 15.4. The fourth-order valence-electron chi connectivity index (χ4n) is 1.73. The first-order chi connectivity index (χ1) is 7.58. The number of aliphatic carboxylic acids is 1. The Morgan fingerprint density at radius 2 is 2.38 bits per heavy atom. The van der Waals surface area contributed by atoms with Gasteiger partial charge in [-0.2, -0.15) is 0 Å². The van der Waals surface area contributed by atoms with Gasteiger partial charge in [0.2, 0.25) is 0 Å². The average Bonchev–Trinajstić information content (AvgIpc) is 2.65. The average molecular weight is 225 g/mol. The lowest BCUT2D eigenvalue weighted by Crippen LogP contribution is -2.32. The summed E-state index contributed by atoms with van der Waals surface area (Å²) in [5, 5.41) is 8.66. The van der Waals surface area contributed by atoms with Crippen molar-refractivity contribution < 1.29 is 19.0 Å². The van der Waals surface area contributed by atoms with Crippen LogP contribution in [0.5, 0.6) is 5.75 Å². The first kappa shape index (κ1) is 10.9. The van der Waals surface area contributed by atoms with E-state index < -0.39 is 17.8 Å². The van der Waals surface area contributed by atoms with Crippen LogP contribution in [0.4, 0.5) is 4.39 Å². The molecule has 0 bridgehead atoms. The predicted molar refractivity (Wildman–Crippen MR) is 54.9 cm³/mol. The van der Waals surface area contributed by atoms with Gasteiger partial charge in [0, 0.05) is 18.9 Å². The number of hydrogen-bond acceptors (Lipinski definition) is 3. The summed E-state index contributed by atoms with van der Waals surface area (Å²) >= 11 is 0. The fraction of sp³-hybridized carbons (Fsp3) is 0.364. The number of carboxylic acids is 1. The number of fused-ring (bicyclic) bond motifs is 1. The van der Waals surface area contributed by atoms with Crippen LogP contribution in [0.15, 0.2) is 12.1 Å². The van der Waals surface area contributed by atoms with Crippen LogP contribution in [0, 0.1) is 5.82 Å². The first-order valence-corrected chi connectivity index (χ1v) is 5.00. The van der Waals surface area contributed by atoms with Crippen molar-refractivity contribution in [3.05, 3.63) is 29.1 Å². The molecule has 0 aromatic heterocycles. The Bertz CT molecular complexity index is 433. The summed E-state index contributed by atoms with van der Waals surface area (Å²) in [7, 11) is 0. The maximum Gasteiger partial charge on any atom is 0.320 e. The number of benzene rings is 1. The number of rotatable bonds is 3. The van der Waals surface area contributed by atoms with E-state index in [2.05, 4.69) is 0 Å². The number of hydrogen-bond donors (Lipinski definition) is 2. The Hall–Kier alpha value is -1.62. The van der Waals surface area contributed by atoms with Crippen molar-refractivity contribution in [3.8, 4) is 5.75 Å². The van der Waals surface area contributed by atoms with Gasteiger partial charge in [0.25, 0.3) is 0 Å². The van der Waals surface area contributed by atoms with E-state index in [9.17, 15) is 9.18 Å². The van der Waals surface area contributed by atoms with Gasteiger partial charge in [0.15, 0.2) is 0 Å². The molecule has 0 fully saturated rings. The van der Waals surface area contributed by atoms with Crippen LogP contribution >= 0.6 is 0 Å². The van der Waals surface area contributed by atoms with Crippen LogP contribution < -0.4 is 10.5 Å². The van der Waals surface area contributed by atoms with Crippen LogP contribution in [0.3, 0.4) is 0 Å². The highest BCUT2D eigenvalue weighted by molar-refractivity contribution is 5.73. The number of halogens is 1. The van der Waals surface area contributed by atoms with Gasteiger partial charge in [0.1, 0.15) is 17.6 Å². The topological polar surface area (TPSA) is 72.5 Å². The zero-order valence-electron chi connectivity index (χ0n) is 8.57. The smallest absolute Gasteiger partial charge is 0.320 e. The van der Waals surface area contributed by atoms with Crippen LogP contribution in [0.2, 0.25) is 0 Å². The van der Waals surface area contributed by atoms with Crippen molar-refractivity contribution >= 4 is 5.97 Å². The van der Waals surface area contributed by atoms with Crippen molar-refractivity contribution in [2.24, 2.45) is 5.73 Å². The van der Waals surface area contributed by atoms with Gasteiger partial charge in [-0.1, -0.05) is 0 Å². The number of nitrogens with two attached hydrogens (primary N) is 1. The van der Waals surface area contributed by atoms with E-state index in [1.54, 1.807) is 6.07 Å². The van der Waals surface area contributed by atoms with Gasteiger partial charge < -0.3 is 15.6 Å². The molecule has 2 rings (SSSR count). The number of carbonyl (C=O) groups is 1. The molecule has 1 aliphatic heterocycles. The Morgan fingerprint density at radius 3 is 3.06 bits per heavy atom. The lowest BCUT2D eigenvalue weighted by molar-refractivity contribution is -0.138. The van der Waals surface area contributed by atoms with E-state index in [4.69, 9.17) is 15.6 Å². The van der Waals surface area contributed by atoms with Gasteiger partial charge in [0.05, 0.1) is 6.61 Å². The largest absolute Gasteiger partial charge is 0.493 e. The van der Waals surface area contributed by atoms with Crippen LogP contribution in [0.1, 0.15) is 11.1 Å². The highest BCUT2D eigenvalue weighted by Gasteiger charge is 2.19. The lowest BCUT2D eigenvalue weighted by Gasteiger charge is -2.09. The summed E-state index contributed by atoms with van der Waals surface area (Å²) in [6, 6.07) is 1.86. The molecule has 0 saturated carbocycles. The molecule has 0 spiro atoms. The predicted octanol–water partition coefficient (Wildman–Crippen LogP) is 0.715. The van der Waals surface area contributed by atoms with Crippen LogP contribution in [-0.2, 0) is 17.6 Å². The highest BCUT2D eigenvalue weighted by atomic mass is 19.1. The van der Waals surface area contributed by atoms with Crippen molar-refractivity contribution in [3.63, 3.8) is 0 Å². The summed E-state index contributed by atoms with van der Waals surface area (Å²) < 4.78 is 18.7. The third-order valence-electron chi connectivity index (χ3n) is 2.62.